The summed E-state index contributed by atoms with van der Waals surface area (Å²) in [5, 5.41) is 7.61. The van der Waals surface area contributed by atoms with E-state index in [0.29, 0.717) is 0 Å². The van der Waals surface area contributed by atoms with Crippen LogP contribution in [0.4, 0.5) is 0 Å². The molecule has 2 rings (SSSR count). The van der Waals surface area contributed by atoms with Gasteiger partial charge in [0.2, 0.25) is 5.89 Å². The van der Waals surface area contributed by atoms with E-state index in [1.807, 2.05) is 0 Å². The number of ether oxygens (including phenoxy) is 1. The lowest BCUT2D eigenvalue weighted by Gasteiger charge is -2.33. The Morgan fingerprint density at radius 1 is 1.33 bits per heavy atom. The predicted molar refractivity (Wildman–Crippen MR) is 81.2 cm³/mol. The first-order chi connectivity index (χ1) is 10.2. The quantitative estimate of drug-likeness (QED) is 0.789. The van der Waals surface area contributed by atoms with Crippen LogP contribution in [0.5, 0.6) is 0 Å². The molecular formula is C15H28N4O2. The zero-order valence-electron chi connectivity index (χ0n) is 13.5. The zero-order valence-corrected chi connectivity index (χ0v) is 13.5. The topological polar surface area (TPSA) is 63.4 Å². The van der Waals surface area contributed by atoms with Gasteiger partial charge in [0.05, 0.1) is 12.1 Å². The number of nitrogens with one attached hydrogen (secondary N) is 1. The van der Waals surface area contributed by atoms with Crippen molar-refractivity contribution in [2.24, 2.45) is 0 Å². The third kappa shape index (κ3) is 4.76. The fourth-order valence-electron chi connectivity index (χ4n) is 2.69. The van der Waals surface area contributed by atoms with Crippen LogP contribution in [0.2, 0.25) is 0 Å². The van der Waals surface area contributed by atoms with E-state index >= 15 is 0 Å². The number of piperazine rings is 1. The Labute approximate surface area is 127 Å². The summed E-state index contributed by atoms with van der Waals surface area (Å²) >= 11 is 0. The molecule has 2 heterocycles. The number of hydrogen-bond acceptors (Lipinski definition) is 6. The summed E-state index contributed by atoms with van der Waals surface area (Å²) in [6.45, 7) is 8.44. The number of aromatic nitrogens is 2. The molecule has 6 nitrogen and oxygen atoms in total. The van der Waals surface area contributed by atoms with Crippen LogP contribution in [0.3, 0.4) is 0 Å². The molecule has 0 saturated carbocycles. The number of rotatable bonds is 8. The van der Waals surface area contributed by atoms with Crippen molar-refractivity contribution in [2.45, 2.75) is 51.7 Å². The maximum Gasteiger partial charge on any atom is 0.226 e. The second kappa shape index (κ2) is 8.46. The highest BCUT2D eigenvalue weighted by molar-refractivity contribution is 4.96. The zero-order chi connectivity index (χ0) is 15.1. The summed E-state index contributed by atoms with van der Waals surface area (Å²) in [6, 6.07) is 0.287. The van der Waals surface area contributed by atoms with Gasteiger partial charge in [-0.25, -0.2) is 0 Å². The molecule has 120 valence electrons. The Morgan fingerprint density at radius 2 is 2.10 bits per heavy atom. The van der Waals surface area contributed by atoms with E-state index in [1.54, 1.807) is 7.11 Å². The van der Waals surface area contributed by atoms with Crippen molar-refractivity contribution in [2.75, 3.05) is 33.3 Å². The van der Waals surface area contributed by atoms with Gasteiger partial charge in [0, 0.05) is 39.7 Å². The van der Waals surface area contributed by atoms with Gasteiger partial charge in [0.15, 0.2) is 5.82 Å². The van der Waals surface area contributed by atoms with Gasteiger partial charge in [0.1, 0.15) is 0 Å². The van der Waals surface area contributed by atoms with Crippen LogP contribution < -0.4 is 5.32 Å². The third-order valence-electron chi connectivity index (χ3n) is 4.10. The van der Waals surface area contributed by atoms with E-state index in [2.05, 4.69) is 34.2 Å². The smallest absolute Gasteiger partial charge is 0.226 e. The molecule has 1 N–H and O–H groups in total. The summed E-state index contributed by atoms with van der Waals surface area (Å²) in [4.78, 5) is 7.08. The van der Waals surface area contributed by atoms with E-state index in [4.69, 9.17) is 9.26 Å². The van der Waals surface area contributed by atoms with Crippen molar-refractivity contribution in [3.63, 3.8) is 0 Å². The van der Waals surface area contributed by atoms with Gasteiger partial charge in [-0.15, -0.1) is 0 Å². The first-order valence-electron chi connectivity index (χ1n) is 8.04. The summed E-state index contributed by atoms with van der Waals surface area (Å²) in [6.07, 6.45) is 4.11. The first kappa shape index (κ1) is 16.4. The first-order valence-corrected chi connectivity index (χ1v) is 8.04. The highest BCUT2D eigenvalue weighted by Gasteiger charge is 2.25. The van der Waals surface area contributed by atoms with Crippen molar-refractivity contribution in [3.05, 3.63) is 11.7 Å². The van der Waals surface area contributed by atoms with Gasteiger partial charge < -0.3 is 14.6 Å². The molecule has 2 unspecified atom stereocenters. The van der Waals surface area contributed by atoms with Crippen molar-refractivity contribution in [1.82, 2.24) is 20.4 Å². The van der Waals surface area contributed by atoms with Gasteiger partial charge in [-0.2, -0.15) is 4.98 Å². The molecular weight excluding hydrogens is 268 g/mol. The molecule has 1 aliphatic heterocycles. The molecule has 1 aromatic rings. The lowest BCUT2D eigenvalue weighted by atomic mass is 10.1. The highest BCUT2D eigenvalue weighted by Crippen LogP contribution is 2.24. The molecule has 2 atom stereocenters. The summed E-state index contributed by atoms with van der Waals surface area (Å²) in [5.41, 5.74) is 0. The minimum atomic E-state index is 0.222. The Bertz CT molecular complexity index is 404. The largest absolute Gasteiger partial charge is 0.382 e. The van der Waals surface area contributed by atoms with Crippen molar-refractivity contribution >= 4 is 0 Å². The van der Waals surface area contributed by atoms with Crippen molar-refractivity contribution in [1.29, 1.82) is 0 Å². The Balaban J connectivity index is 1.97. The second-order valence-electron chi connectivity index (χ2n) is 5.72. The normalized spacial score (nSPS) is 19.6. The van der Waals surface area contributed by atoms with E-state index < -0.39 is 0 Å². The Hall–Kier alpha value is -0.980. The molecule has 0 spiro atoms. The second-order valence-corrected chi connectivity index (χ2v) is 5.72. The highest BCUT2D eigenvalue weighted by atomic mass is 16.5. The van der Waals surface area contributed by atoms with Gasteiger partial charge in [-0.3, -0.25) is 4.90 Å². The average molecular weight is 296 g/mol. The van der Waals surface area contributed by atoms with Gasteiger partial charge in [-0.05, 0) is 19.8 Å². The molecule has 6 heteroatoms. The Kier molecular flexibility index (Phi) is 6.60. The van der Waals surface area contributed by atoms with E-state index in [0.717, 1.165) is 63.6 Å². The van der Waals surface area contributed by atoms with E-state index in [1.165, 1.54) is 0 Å². The lowest BCUT2D eigenvalue weighted by molar-refractivity contribution is 0.109. The number of methoxy groups -OCH3 is 1. The van der Waals surface area contributed by atoms with Crippen LogP contribution in [0.1, 0.15) is 50.9 Å². The maximum atomic E-state index is 5.42. The van der Waals surface area contributed by atoms with Gasteiger partial charge in [-0.1, -0.05) is 18.5 Å². The molecule has 0 radical (unpaired) electrons. The summed E-state index contributed by atoms with van der Waals surface area (Å²) in [7, 11) is 1.73. The molecule has 0 bridgehead atoms. The van der Waals surface area contributed by atoms with Crippen LogP contribution in [0.15, 0.2) is 4.52 Å². The van der Waals surface area contributed by atoms with Crippen LogP contribution in [0, 0.1) is 0 Å². The number of nitrogens with zero attached hydrogens (tertiary/aromatic N) is 3. The fourth-order valence-corrected chi connectivity index (χ4v) is 2.69. The molecule has 1 aliphatic rings. The SMILES string of the molecule is CCCC(c1noc(CCC(C)OC)n1)N1CCNCC1. The monoisotopic (exact) mass is 296 g/mol. The predicted octanol–water partition coefficient (Wildman–Crippen LogP) is 1.78. The minimum Gasteiger partial charge on any atom is -0.382 e. The standard InChI is InChI=1S/C15H28N4O2/c1-4-5-13(19-10-8-16-9-11-19)15-17-14(21-18-15)7-6-12(2)20-3/h12-13,16H,4-11H2,1-3H3. The molecule has 0 aromatic carbocycles. The molecule has 1 fully saturated rings. The van der Waals surface area contributed by atoms with Crippen LogP contribution in [0.25, 0.3) is 0 Å². The van der Waals surface area contributed by atoms with Gasteiger partial charge >= 0.3 is 0 Å². The van der Waals surface area contributed by atoms with Crippen LogP contribution in [-0.2, 0) is 11.2 Å². The minimum absolute atomic E-state index is 0.222. The fraction of sp³-hybridized carbons (Fsp3) is 0.867. The maximum absolute atomic E-state index is 5.42. The van der Waals surface area contributed by atoms with E-state index in [-0.39, 0.29) is 12.1 Å². The summed E-state index contributed by atoms with van der Waals surface area (Å²) < 4.78 is 10.7. The Morgan fingerprint density at radius 3 is 2.76 bits per heavy atom. The lowest BCUT2D eigenvalue weighted by Crippen LogP contribution is -2.45. The number of aryl methyl sites for hydroxylation is 1. The molecule has 1 aromatic heterocycles. The molecule has 1 saturated heterocycles. The average Bonchev–Trinajstić information content (AvgIpc) is 2.99. The van der Waals surface area contributed by atoms with Crippen LogP contribution >= 0.6 is 0 Å². The third-order valence-corrected chi connectivity index (χ3v) is 4.10. The van der Waals surface area contributed by atoms with Crippen molar-refractivity contribution < 1.29 is 9.26 Å². The molecule has 0 aliphatic carbocycles. The number of hydrogen-bond donors (Lipinski definition) is 1. The summed E-state index contributed by atoms with van der Waals surface area (Å²) in [5.74, 6) is 1.57. The van der Waals surface area contributed by atoms with E-state index in [9.17, 15) is 0 Å². The van der Waals surface area contributed by atoms with Gasteiger partial charge in [0.25, 0.3) is 0 Å². The molecule has 0 amide bonds. The molecule has 21 heavy (non-hydrogen) atoms. The van der Waals surface area contributed by atoms with Crippen molar-refractivity contribution in [3.8, 4) is 0 Å². The van der Waals surface area contributed by atoms with Crippen LogP contribution in [-0.4, -0.2) is 54.4 Å².